The summed E-state index contributed by atoms with van der Waals surface area (Å²) in [5.74, 6) is 5.35. The topological polar surface area (TPSA) is 84.6 Å². The highest BCUT2D eigenvalue weighted by molar-refractivity contribution is 7.16. The van der Waals surface area contributed by atoms with E-state index < -0.39 is 5.97 Å². The van der Waals surface area contributed by atoms with Crippen molar-refractivity contribution < 1.29 is 14.6 Å². The standard InChI is InChI=1S/C19H24N2O3S/c1-19(2)7-6-15-13(9-19)16(18(22)23)17(25-15)11-4-5-14(24-3)12(8-11)10-21-20/h4-5,8,21H,6-7,9-10,20H2,1-3H3,(H,22,23). The summed E-state index contributed by atoms with van der Waals surface area (Å²) in [6.07, 6.45) is 2.85. The number of nitrogens with one attached hydrogen (secondary N) is 1. The number of aromatic carboxylic acids is 1. The van der Waals surface area contributed by atoms with E-state index in [2.05, 4.69) is 19.3 Å². The van der Waals surface area contributed by atoms with Crippen LogP contribution in [0.25, 0.3) is 10.4 Å². The summed E-state index contributed by atoms with van der Waals surface area (Å²) in [7, 11) is 1.61. The Morgan fingerprint density at radius 1 is 1.44 bits per heavy atom. The molecule has 1 aromatic heterocycles. The van der Waals surface area contributed by atoms with E-state index in [4.69, 9.17) is 10.6 Å². The molecule has 6 heteroatoms. The molecule has 2 aromatic rings. The highest BCUT2D eigenvalue weighted by atomic mass is 32.1. The first-order valence-corrected chi connectivity index (χ1v) is 9.16. The number of benzene rings is 1. The third-order valence-electron chi connectivity index (χ3n) is 4.82. The summed E-state index contributed by atoms with van der Waals surface area (Å²) >= 11 is 1.61. The molecule has 1 aliphatic carbocycles. The van der Waals surface area contributed by atoms with Gasteiger partial charge in [-0.25, -0.2) is 4.79 Å². The van der Waals surface area contributed by atoms with Gasteiger partial charge >= 0.3 is 5.97 Å². The second-order valence-corrected chi connectivity index (χ2v) is 8.37. The van der Waals surface area contributed by atoms with Gasteiger partial charge in [-0.15, -0.1) is 11.3 Å². The predicted octanol–water partition coefficient (Wildman–Crippen LogP) is 3.60. The quantitative estimate of drug-likeness (QED) is 0.560. The molecule has 0 radical (unpaired) electrons. The van der Waals surface area contributed by atoms with Gasteiger partial charge in [0.1, 0.15) is 5.75 Å². The molecular formula is C19H24N2O3S. The Morgan fingerprint density at radius 3 is 2.84 bits per heavy atom. The minimum Gasteiger partial charge on any atom is -0.496 e. The lowest BCUT2D eigenvalue weighted by molar-refractivity contribution is 0.0696. The molecule has 5 nitrogen and oxygen atoms in total. The third-order valence-corrected chi connectivity index (χ3v) is 6.16. The van der Waals surface area contributed by atoms with E-state index in [9.17, 15) is 9.90 Å². The first-order valence-electron chi connectivity index (χ1n) is 8.35. The molecule has 0 aliphatic heterocycles. The van der Waals surface area contributed by atoms with Gasteiger partial charge in [0, 0.05) is 21.9 Å². The van der Waals surface area contributed by atoms with Crippen LogP contribution >= 0.6 is 11.3 Å². The van der Waals surface area contributed by atoms with Gasteiger partial charge in [0.25, 0.3) is 0 Å². The monoisotopic (exact) mass is 360 g/mol. The second kappa shape index (κ2) is 6.78. The van der Waals surface area contributed by atoms with Crippen molar-refractivity contribution in [2.75, 3.05) is 7.11 Å². The maximum Gasteiger partial charge on any atom is 0.337 e. The average Bonchev–Trinajstić information content (AvgIpc) is 2.92. The molecule has 0 atom stereocenters. The van der Waals surface area contributed by atoms with Crippen LogP contribution < -0.4 is 16.0 Å². The van der Waals surface area contributed by atoms with E-state index in [0.29, 0.717) is 12.1 Å². The number of fused-ring (bicyclic) bond motifs is 1. The summed E-state index contributed by atoms with van der Waals surface area (Å²) in [6, 6.07) is 5.76. The Morgan fingerprint density at radius 2 is 2.20 bits per heavy atom. The molecule has 0 spiro atoms. The predicted molar refractivity (Wildman–Crippen MR) is 100 cm³/mol. The molecule has 0 amide bonds. The summed E-state index contributed by atoms with van der Waals surface area (Å²) < 4.78 is 5.37. The van der Waals surface area contributed by atoms with E-state index in [1.165, 1.54) is 4.88 Å². The number of hydrogen-bond donors (Lipinski definition) is 3. The fourth-order valence-corrected chi connectivity index (χ4v) is 4.82. The van der Waals surface area contributed by atoms with E-state index in [0.717, 1.165) is 46.6 Å². The molecule has 0 unspecified atom stereocenters. The summed E-state index contributed by atoms with van der Waals surface area (Å²) in [5, 5.41) is 9.87. The zero-order valence-electron chi connectivity index (χ0n) is 14.8. The van der Waals surface area contributed by atoms with Gasteiger partial charge in [-0.05, 0) is 54.0 Å². The Hall–Kier alpha value is -1.89. The number of carbonyl (C=O) groups is 1. The highest BCUT2D eigenvalue weighted by Gasteiger charge is 2.33. The molecule has 3 rings (SSSR count). The van der Waals surface area contributed by atoms with Gasteiger partial charge in [-0.3, -0.25) is 11.3 Å². The van der Waals surface area contributed by atoms with Gasteiger partial charge in [0.15, 0.2) is 0 Å². The molecule has 1 aromatic carbocycles. The number of carboxylic acids is 1. The van der Waals surface area contributed by atoms with Crippen LogP contribution in [0.15, 0.2) is 18.2 Å². The maximum atomic E-state index is 12.0. The molecule has 4 N–H and O–H groups in total. The van der Waals surface area contributed by atoms with Crippen LogP contribution in [0, 0.1) is 5.41 Å². The lowest BCUT2D eigenvalue weighted by Gasteiger charge is -2.29. The van der Waals surface area contributed by atoms with Crippen molar-refractivity contribution in [2.24, 2.45) is 11.3 Å². The number of hydrogen-bond acceptors (Lipinski definition) is 5. The fraction of sp³-hybridized carbons (Fsp3) is 0.421. The SMILES string of the molecule is COc1ccc(-c2sc3c(c2C(=O)O)CC(C)(C)CC3)cc1CNN. The summed E-state index contributed by atoms with van der Waals surface area (Å²) in [5.41, 5.74) is 6.07. The van der Waals surface area contributed by atoms with Crippen LogP contribution in [0.2, 0.25) is 0 Å². The van der Waals surface area contributed by atoms with E-state index in [-0.39, 0.29) is 5.41 Å². The first kappa shape index (κ1) is 17.9. The summed E-state index contributed by atoms with van der Waals surface area (Å²) in [4.78, 5) is 14.1. The normalized spacial score (nSPS) is 15.7. The van der Waals surface area contributed by atoms with Gasteiger partial charge in [-0.1, -0.05) is 13.8 Å². The molecule has 0 fully saturated rings. The van der Waals surface area contributed by atoms with Crippen molar-refractivity contribution in [3.8, 4) is 16.2 Å². The largest absolute Gasteiger partial charge is 0.496 e. The van der Waals surface area contributed by atoms with Crippen LogP contribution in [0.5, 0.6) is 5.75 Å². The number of hydrazine groups is 1. The van der Waals surface area contributed by atoms with Crippen LogP contribution in [-0.2, 0) is 19.4 Å². The number of methoxy groups -OCH3 is 1. The molecule has 1 heterocycles. The highest BCUT2D eigenvalue weighted by Crippen LogP contribution is 2.45. The second-order valence-electron chi connectivity index (χ2n) is 7.26. The van der Waals surface area contributed by atoms with Gasteiger partial charge in [0.05, 0.1) is 12.7 Å². The van der Waals surface area contributed by atoms with E-state index in [1.54, 1.807) is 18.4 Å². The molecular weight excluding hydrogens is 336 g/mol. The van der Waals surface area contributed by atoms with Crippen molar-refractivity contribution in [3.05, 3.63) is 39.8 Å². The van der Waals surface area contributed by atoms with Crippen molar-refractivity contribution in [1.29, 1.82) is 0 Å². The van der Waals surface area contributed by atoms with Crippen molar-refractivity contribution >= 4 is 17.3 Å². The fourth-order valence-electron chi connectivity index (χ4n) is 3.52. The van der Waals surface area contributed by atoms with Crippen molar-refractivity contribution in [1.82, 2.24) is 5.43 Å². The van der Waals surface area contributed by atoms with Crippen molar-refractivity contribution in [2.45, 2.75) is 39.7 Å². The molecule has 134 valence electrons. The Kier molecular flexibility index (Phi) is 4.86. The first-order chi connectivity index (χ1) is 11.9. The van der Waals surface area contributed by atoms with Crippen LogP contribution in [0.1, 0.15) is 46.6 Å². The number of carboxylic acid groups (broad SMARTS) is 1. The lowest BCUT2D eigenvalue weighted by Crippen LogP contribution is -2.22. The molecule has 25 heavy (non-hydrogen) atoms. The molecule has 0 saturated carbocycles. The molecule has 0 bridgehead atoms. The number of aryl methyl sites for hydroxylation is 1. The minimum absolute atomic E-state index is 0.143. The smallest absolute Gasteiger partial charge is 0.337 e. The number of rotatable bonds is 5. The Labute approximate surface area is 151 Å². The Bertz CT molecular complexity index is 811. The molecule has 1 aliphatic rings. The zero-order valence-corrected chi connectivity index (χ0v) is 15.6. The van der Waals surface area contributed by atoms with Crippen LogP contribution in [0.4, 0.5) is 0 Å². The van der Waals surface area contributed by atoms with Gasteiger partial charge < -0.3 is 9.84 Å². The van der Waals surface area contributed by atoms with Crippen LogP contribution in [-0.4, -0.2) is 18.2 Å². The van der Waals surface area contributed by atoms with Crippen molar-refractivity contribution in [3.63, 3.8) is 0 Å². The minimum atomic E-state index is -0.848. The van der Waals surface area contributed by atoms with Gasteiger partial charge in [0.2, 0.25) is 0 Å². The zero-order chi connectivity index (χ0) is 18.2. The van der Waals surface area contributed by atoms with E-state index in [1.807, 2.05) is 18.2 Å². The number of ether oxygens (including phenoxy) is 1. The maximum absolute atomic E-state index is 12.0. The Balaban J connectivity index is 2.13. The third kappa shape index (κ3) is 3.42. The number of nitrogens with two attached hydrogens (primary N) is 1. The lowest BCUT2D eigenvalue weighted by atomic mass is 9.76. The molecule has 0 saturated heterocycles. The van der Waals surface area contributed by atoms with Crippen LogP contribution in [0.3, 0.4) is 0 Å². The van der Waals surface area contributed by atoms with E-state index >= 15 is 0 Å². The number of thiophene rings is 1. The summed E-state index contributed by atoms with van der Waals surface area (Å²) in [6.45, 7) is 4.87. The average molecular weight is 360 g/mol. The van der Waals surface area contributed by atoms with Gasteiger partial charge in [-0.2, -0.15) is 0 Å².